The molecule has 0 bridgehead atoms. The number of nitrogens with one attached hydrogen (secondary N) is 1. The zero-order valence-corrected chi connectivity index (χ0v) is 12.1. The van der Waals surface area contributed by atoms with Crippen molar-refractivity contribution in [1.82, 2.24) is 9.78 Å². The molecule has 0 unspecified atom stereocenters. The van der Waals surface area contributed by atoms with Gasteiger partial charge < -0.3 is 5.32 Å². The Kier molecular flexibility index (Phi) is 3.07. The second kappa shape index (κ2) is 5.01. The van der Waals surface area contributed by atoms with Gasteiger partial charge in [-0.2, -0.15) is 18.3 Å². The summed E-state index contributed by atoms with van der Waals surface area (Å²) in [6.45, 7) is 0. The van der Waals surface area contributed by atoms with Crippen molar-refractivity contribution in [2.24, 2.45) is 0 Å². The monoisotopic (exact) mass is 317 g/mol. The Morgan fingerprint density at radius 1 is 1.04 bits per heavy atom. The van der Waals surface area contributed by atoms with Gasteiger partial charge in [-0.3, -0.25) is 0 Å². The van der Waals surface area contributed by atoms with E-state index < -0.39 is 18.3 Å². The second-order valence-corrected chi connectivity index (χ2v) is 5.76. The highest BCUT2D eigenvalue weighted by atomic mass is 19.4. The molecule has 3 nitrogen and oxygen atoms in total. The zero-order valence-electron chi connectivity index (χ0n) is 12.1. The molecule has 0 saturated carbocycles. The van der Waals surface area contributed by atoms with Crippen LogP contribution >= 0.6 is 0 Å². The van der Waals surface area contributed by atoms with Crippen LogP contribution in [0.4, 0.5) is 19.0 Å². The molecular weight excluding hydrogens is 303 g/mol. The Morgan fingerprint density at radius 2 is 1.83 bits per heavy atom. The highest BCUT2D eigenvalue weighted by Crippen LogP contribution is 2.43. The molecule has 23 heavy (non-hydrogen) atoms. The highest BCUT2D eigenvalue weighted by Gasteiger charge is 2.46. The van der Waals surface area contributed by atoms with Crippen LogP contribution in [-0.4, -0.2) is 16.0 Å². The van der Waals surface area contributed by atoms with Crippen LogP contribution in [0.3, 0.4) is 0 Å². The Morgan fingerprint density at radius 3 is 2.61 bits per heavy atom. The number of benzene rings is 2. The predicted molar refractivity (Wildman–Crippen MR) is 82.2 cm³/mol. The molecular formula is C17H14F3N3. The molecule has 2 atom stereocenters. The molecule has 6 heteroatoms. The van der Waals surface area contributed by atoms with E-state index in [0.717, 1.165) is 21.0 Å². The van der Waals surface area contributed by atoms with Crippen LogP contribution in [0, 0.1) is 0 Å². The molecule has 2 aromatic carbocycles. The van der Waals surface area contributed by atoms with E-state index in [2.05, 4.69) is 10.4 Å². The summed E-state index contributed by atoms with van der Waals surface area (Å²) in [7, 11) is 0. The quantitative estimate of drug-likeness (QED) is 0.705. The molecule has 0 spiro atoms. The first-order chi connectivity index (χ1) is 11.0. The first kappa shape index (κ1) is 14.1. The maximum atomic E-state index is 13.4. The fourth-order valence-electron chi connectivity index (χ4n) is 3.15. The third kappa shape index (κ3) is 2.44. The van der Waals surface area contributed by atoms with Gasteiger partial charge in [0.1, 0.15) is 5.82 Å². The van der Waals surface area contributed by atoms with E-state index in [0.29, 0.717) is 5.82 Å². The maximum absolute atomic E-state index is 13.4. The zero-order chi connectivity index (χ0) is 16.0. The number of hydrogen-bond acceptors (Lipinski definition) is 2. The van der Waals surface area contributed by atoms with Gasteiger partial charge in [-0.15, -0.1) is 0 Å². The van der Waals surface area contributed by atoms with E-state index in [9.17, 15) is 13.2 Å². The van der Waals surface area contributed by atoms with Crippen LogP contribution in [0.15, 0.2) is 54.7 Å². The van der Waals surface area contributed by atoms with Crippen molar-refractivity contribution < 1.29 is 13.2 Å². The summed E-state index contributed by atoms with van der Waals surface area (Å²) in [5, 5.41) is 9.07. The first-order valence-corrected chi connectivity index (χ1v) is 7.38. The van der Waals surface area contributed by atoms with Gasteiger partial charge in [0.05, 0.1) is 12.2 Å². The van der Waals surface area contributed by atoms with Crippen molar-refractivity contribution in [3.05, 3.63) is 60.3 Å². The van der Waals surface area contributed by atoms with Crippen molar-refractivity contribution in [3.8, 4) is 0 Å². The van der Waals surface area contributed by atoms with Gasteiger partial charge in [0.2, 0.25) is 0 Å². The predicted octanol–water partition coefficient (Wildman–Crippen LogP) is 4.70. The van der Waals surface area contributed by atoms with E-state index >= 15 is 0 Å². The summed E-state index contributed by atoms with van der Waals surface area (Å²) in [4.78, 5) is 0. The van der Waals surface area contributed by atoms with Gasteiger partial charge in [-0.05, 0) is 22.4 Å². The minimum absolute atomic E-state index is 0.0729. The fourth-order valence-corrected chi connectivity index (χ4v) is 3.15. The molecule has 0 aliphatic carbocycles. The largest absolute Gasteiger partial charge is 0.410 e. The number of alkyl halides is 3. The van der Waals surface area contributed by atoms with E-state index in [4.69, 9.17) is 0 Å². The Bertz CT molecular complexity index is 853. The lowest BCUT2D eigenvalue weighted by Gasteiger charge is -2.33. The van der Waals surface area contributed by atoms with Crippen LogP contribution in [0.25, 0.3) is 10.8 Å². The molecule has 1 aliphatic rings. The van der Waals surface area contributed by atoms with Crippen molar-refractivity contribution >= 4 is 16.6 Å². The molecule has 1 aliphatic heterocycles. The summed E-state index contributed by atoms with van der Waals surface area (Å²) in [6.07, 6.45) is -3.00. The van der Waals surface area contributed by atoms with Crippen LogP contribution in [0.1, 0.15) is 24.1 Å². The highest BCUT2D eigenvalue weighted by molar-refractivity contribution is 5.83. The maximum Gasteiger partial charge on any atom is 0.410 e. The Hall–Kier alpha value is -2.50. The molecule has 0 amide bonds. The van der Waals surface area contributed by atoms with E-state index in [-0.39, 0.29) is 6.42 Å². The van der Waals surface area contributed by atoms with E-state index in [1.54, 1.807) is 6.07 Å². The van der Waals surface area contributed by atoms with Gasteiger partial charge in [0, 0.05) is 12.5 Å². The summed E-state index contributed by atoms with van der Waals surface area (Å²) in [6, 6.07) is 13.2. The Balaban J connectivity index is 1.74. The van der Waals surface area contributed by atoms with Crippen molar-refractivity contribution in [3.63, 3.8) is 0 Å². The fraction of sp³-hybridized carbons (Fsp3) is 0.235. The van der Waals surface area contributed by atoms with Gasteiger partial charge in [-0.1, -0.05) is 36.4 Å². The first-order valence-electron chi connectivity index (χ1n) is 7.38. The van der Waals surface area contributed by atoms with Gasteiger partial charge in [0.15, 0.2) is 6.04 Å². The van der Waals surface area contributed by atoms with Gasteiger partial charge >= 0.3 is 6.18 Å². The molecule has 118 valence electrons. The number of nitrogens with zero attached hydrogens (tertiary/aromatic N) is 2. The van der Waals surface area contributed by atoms with Crippen LogP contribution in [0.5, 0.6) is 0 Å². The average Bonchev–Trinajstić information content (AvgIpc) is 3.00. The molecule has 4 rings (SSSR count). The smallest absolute Gasteiger partial charge is 0.363 e. The SMILES string of the molecule is FC(F)(F)[C@H]1C[C@H](c2ccc3ccccc3c2)Nc2ccnn21. The molecule has 2 heterocycles. The van der Waals surface area contributed by atoms with Gasteiger partial charge in [-0.25, -0.2) is 4.68 Å². The molecule has 0 saturated heterocycles. The number of hydrogen-bond donors (Lipinski definition) is 1. The topological polar surface area (TPSA) is 29.9 Å². The number of rotatable bonds is 1. The average molecular weight is 317 g/mol. The summed E-state index contributed by atoms with van der Waals surface area (Å²) in [5.74, 6) is 0.400. The number of anilines is 1. The number of aromatic nitrogens is 2. The Labute approximate surface area is 130 Å². The lowest BCUT2D eigenvalue weighted by molar-refractivity contribution is -0.173. The lowest BCUT2D eigenvalue weighted by atomic mass is 9.95. The van der Waals surface area contributed by atoms with Gasteiger partial charge in [0.25, 0.3) is 0 Å². The number of halogens is 3. The standard InChI is InChI=1S/C17H14F3N3/c18-17(19,20)15-10-14(22-16-7-8-21-23(15)16)13-6-5-11-3-1-2-4-12(11)9-13/h1-9,14-15,22H,10H2/t14-,15-/m1/s1. The molecule has 1 aromatic heterocycles. The molecule has 0 fully saturated rings. The second-order valence-electron chi connectivity index (χ2n) is 5.76. The van der Waals surface area contributed by atoms with Crippen LogP contribution in [0.2, 0.25) is 0 Å². The van der Waals surface area contributed by atoms with E-state index in [1.807, 2.05) is 42.5 Å². The molecule has 0 radical (unpaired) electrons. The third-order valence-electron chi connectivity index (χ3n) is 4.30. The summed E-state index contributed by atoms with van der Waals surface area (Å²) < 4.78 is 41.1. The van der Waals surface area contributed by atoms with Crippen molar-refractivity contribution in [2.75, 3.05) is 5.32 Å². The minimum Gasteiger partial charge on any atom is -0.363 e. The minimum atomic E-state index is -4.32. The molecule has 1 N–H and O–H groups in total. The van der Waals surface area contributed by atoms with Crippen LogP contribution < -0.4 is 5.32 Å². The van der Waals surface area contributed by atoms with E-state index in [1.165, 1.54) is 6.20 Å². The normalized spacial score (nSPS) is 21.0. The lowest BCUT2D eigenvalue weighted by Crippen LogP contribution is -2.35. The summed E-state index contributed by atoms with van der Waals surface area (Å²) >= 11 is 0. The summed E-state index contributed by atoms with van der Waals surface area (Å²) in [5.41, 5.74) is 0.852. The van der Waals surface area contributed by atoms with Crippen molar-refractivity contribution in [1.29, 1.82) is 0 Å². The molecule has 3 aromatic rings. The number of fused-ring (bicyclic) bond motifs is 2. The third-order valence-corrected chi connectivity index (χ3v) is 4.30. The van der Waals surface area contributed by atoms with Crippen LogP contribution in [-0.2, 0) is 0 Å². The van der Waals surface area contributed by atoms with Crippen molar-refractivity contribution in [2.45, 2.75) is 24.7 Å².